The van der Waals surface area contributed by atoms with Gasteiger partial charge in [0.1, 0.15) is 5.75 Å². The third kappa shape index (κ3) is 3.13. The molecule has 20 heavy (non-hydrogen) atoms. The van der Waals surface area contributed by atoms with Gasteiger partial charge in [0.2, 0.25) is 0 Å². The van der Waals surface area contributed by atoms with Gasteiger partial charge in [0.15, 0.2) is 0 Å². The average Bonchev–Trinajstić information content (AvgIpc) is 2.48. The first-order valence-electron chi connectivity index (χ1n) is 7.12. The first-order valence-corrected chi connectivity index (χ1v) is 7.12. The maximum absolute atomic E-state index is 5.48. The fraction of sp³-hybridized carbons (Fsp3) is 0.333. The quantitative estimate of drug-likeness (QED) is 0.835. The molecule has 0 aliphatic carbocycles. The molecule has 2 nitrogen and oxygen atoms in total. The molecule has 1 unspecified atom stereocenters. The van der Waals surface area contributed by atoms with Crippen LogP contribution in [0.25, 0.3) is 0 Å². The van der Waals surface area contributed by atoms with Crippen LogP contribution in [0.2, 0.25) is 0 Å². The zero-order valence-electron chi connectivity index (χ0n) is 12.7. The molecular formula is C18H23NO. The molecule has 2 aromatic rings. The monoisotopic (exact) mass is 269 g/mol. The molecule has 0 bridgehead atoms. The lowest BCUT2D eigenvalue weighted by atomic mass is 10.0. The van der Waals surface area contributed by atoms with E-state index in [0.717, 1.165) is 12.2 Å². The predicted octanol–water partition coefficient (Wildman–Crippen LogP) is 4.88. The van der Waals surface area contributed by atoms with Crippen molar-refractivity contribution in [3.8, 4) is 5.75 Å². The summed E-state index contributed by atoms with van der Waals surface area (Å²) in [7, 11) is 1.73. The van der Waals surface area contributed by atoms with Gasteiger partial charge in [0.05, 0.1) is 13.2 Å². The summed E-state index contributed by atoms with van der Waals surface area (Å²) in [6, 6.07) is 15.0. The van der Waals surface area contributed by atoms with E-state index < -0.39 is 0 Å². The van der Waals surface area contributed by atoms with E-state index in [1.54, 1.807) is 7.11 Å². The Balaban J connectivity index is 2.31. The largest absolute Gasteiger partial charge is 0.496 e. The van der Waals surface area contributed by atoms with Crippen LogP contribution in [0, 0.1) is 13.8 Å². The Labute approximate surface area is 121 Å². The van der Waals surface area contributed by atoms with Crippen LogP contribution in [0.1, 0.15) is 36.1 Å². The van der Waals surface area contributed by atoms with Gasteiger partial charge in [-0.3, -0.25) is 0 Å². The van der Waals surface area contributed by atoms with Gasteiger partial charge in [0.25, 0.3) is 0 Å². The molecule has 2 aromatic carbocycles. The highest BCUT2D eigenvalue weighted by Crippen LogP contribution is 2.31. The van der Waals surface area contributed by atoms with E-state index in [9.17, 15) is 0 Å². The second-order valence-corrected chi connectivity index (χ2v) is 5.17. The Kier molecular flexibility index (Phi) is 4.67. The van der Waals surface area contributed by atoms with Gasteiger partial charge in [-0.15, -0.1) is 0 Å². The van der Waals surface area contributed by atoms with Crippen LogP contribution in [0.5, 0.6) is 5.75 Å². The van der Waals surface area contributed by atoms with Gasteiger partial charge < -0.3 is 10.1 Å². The maximum Gasteiger partial charge on any atom is 0.124 e. The highest BCUT2D eigenvalue weighted by Gasteiger charge is 2.14. The third-order valence-electron chi connectivity index (χ3n) is 3.65. The van der Waals surface area contributed by atoms with Crippen LogP contribution in [-0.2, 0) is 0 Å². The second-order valence-electron chi connectivity index (χ2n) is 5.17. The minimum atomic E-state index is 0.256. The van der Waals surface area contributed by atoms with Crippen LogP contribution in [0.15, 0.2) is 42.5 Å². The number of nitrogens with one attached hydrogen (secondary N) is 1. The minimum Gasteiger partial charge on any atom is -0.496 e. The highest BCUT2D eigenvalue weighted by atomic mass is 16.5. The average molecular weight is 269 g/mol. The summed E-state index contributed by atoms with van der Waals surface area (Å²) in [5.74, 6) is 0.942. The lowest BCUT2D eigenvalue weighted by molar-refractivity contribution is 0.406. The van der Waals surface area contributed by atoms with E-state index in [1.807, 2.05) is 12.1 Å². The Morgan fingerprint density at radius 3 is 2.55 bits per heavy atom. The number of hydrogen-bond donors (Lipinski definition) is 1. The molecule has 0 amide bonds. The fourth-order valence-corrected chi connectivity index (χ4v) is 2.43. The SMILES string of the molecule is CCC(Nc1cc(C)ccc1C)c1ccccc1OC. The molecule has 106 valence electrons. The van der Waals surface area contributed by atoms with Gasteiger partial charge in [-0.1, -0.05) is 37.3 Å². The van der Waals surface area contributed by atoms with Crippen LogP contribution in [0.4, 0.5) is 5.69 Å². The lowest BCUT2D eigenvalue weighted by Gasteiger charge is -2.22. The van der Waals surface area contributed by atoms with Crippen molar-refractivity contribution in [2.24, 2.45) is 0 Å². The minimum absolute atomic E-state index is 0.256. The molecule has 1 atom stereocenters. The molecule has 2 rings (SSSR count). The standard InChI is InChI=1S/C18H23NO/c1-5-16(15-8-6-7-9-18(15)20-4)19-17-12-13(2)10-11-14(17)3/h6-12,16,19H,5H2,1-4H3. The molecule has 0 saturated heterocycles. The zero-order chi connectivity index (χ0) is 14.5. The molecule has 2 heteroatoms. The fourth-order valence-electron chi connectivity index (χ4n) is 2.43. The molecule has 0 radical (unpaired) electrons. The summed E-state index contributed by atoms with van der Waals surface area (Å²) in [5, 5.41) is 3.65. The van der Waals surface area contributed by atoms with Crippen LogP contribution >= 0.6 is 0 Å². The molecule has 0 spiro atoms. The summed E-state index contributed by atoms with van der Waals surface area (Å²) in [6.07, 6.45) is 1.01. The van der Waals surface area contributed by atoms with E-state index in [-0.39, 0.29) is 6.04 Å². The van der Waals surface area contributed by atoms with Crippen LogP contribution < -0.4 is 10.1 Å². The second kappa shape index (κ2) is 6.47. The normalized spacial score (nSPS) is 12.0. The number of ether oxygens (including phenoxy) is 1. The number of rotatable bonds is 5. The van der Waals surface area contributed by atoms with Crippen molar-refractivity contribution in [1.29, 1.82) is 0 Å². The molecule has 0 heterocycles. The van der Waals surface area contributed by atoms with Gasteiger partial charge in [0, 0.05) is 11.3 Å². The summed E-state index contributed by atoms with van der Waals surface area (Å²) in [4.78, 5) is 0. The van der Waals surface area contributed by atoms with Crippen molar-refractivity contribution in [3.05, 3.63) is 59.2 Å². The van der Waals surface area contributed by atoms with Crippen molar-refractivity contribution in [1.82, 2.24) is 0 Å². The molecule has 0 fully saturated rings. The van der Waals surface area contributed by atoms with Crippen molar-refractivity contribution in [3.63, 3.8) is 0 Å². The van der Waals surface area contributed by atoms with E-state index in [1.165, 1.54) is 22.4 Å². The van der Waals surface area contributed by atoms with Gasteiger partial charge in [-0.25, -0.2) is 0 Å². The Morgan fingerprint density at radius 1 is 1.10 bits per heavy atom. The van der Waals surface area contributed by atoms with E-state index in [4.69, 9.17) is 4.74 Å². The number of aryl methyl sites for hydroxylation is 2. The van der Waals surface area contributed by atoms with Crippen LogP contribution in [0.3, 0.4) is 0 Å². The molecular weight excluding hydrogens is 246 g/mol. The molecule has 0 aliphatic heterocycles. The third-order valence-corrected chi connectivity index (χ3v) is 3.65. The number of hydrogen-bond acceptors (Lipinski definition) is 2. The van der Waals surface area contributed by atoms with Gasteiger partial charge in [-0.2, -0.15) is 0 Å². The Hall–Kier alpha value is -1.96. The van der Waals surface area contributed by atoms with Crippen molar-refractivity contribution >= 4 is 5.69 Å². The maximum atomic E-state index is 5.48. The topological polar surface area (TPSA) is 21.3 Å². The molecule has 0 saturated carbocycles. The number of benzene rings is 2. The first kappa shape index (κ1) is 14.4. The number of methoxy groups -OCH3 is 1. The highest BCUT2D eigenvalue weighted by molar-refractivity contribution is 5.54. The predicted molar refractivity (Wildman–Crippen MR) is 85.6 cm³/mol. The van der Waals surface area contributed by atoms with E-state index in [0.29, 0.717) is 0 Å². The summed E-state index contributed by atoms with van der Waals surface area (Å²) in [5.41, 5.74) is 4.94. The van der Waals surface area contributed by atoms with Crippen molar-refractivity contribution in [2.75, 3.05) is 12.4 Å². The van der Waals surface area contributed by atoms with E-state index >= 15 is 0 Å². The molecule has 0 aliphatic rings. The Morgan fingerprint density at radius 2 is 1.85 bits per heavy atom. The summed E-state index contributed by atoms with van der Waals surface area (Å²) in [6.45, 7) is 6.45. The van der Waals surface area contributed by atoms with Crippen molar-refractivity contribution in [2.45, 2.75) is 33.2 Å². The molecule has 1 N–H and O–H groups in total. The zero-order valence-corrected chi connectivity index (χ0v) is 12.7. The summed E-state index contributed by atoms with van der Waals surface area (Å²) >= 11 is 0. The first-order chi connectivity index (χ1) is 9.65. The van der Waals surface area contributed by atoms with E-state index in [2.05, 4.69) is 56.4 Å². The summed E-state index contributed by atoms with van der Waals surface area (Å²) < 4.78 is 5.48. The van der Waals surface area contributed by atoms with Gasteiger partial charge >= 0.3 is 0 Å². The number of anilines is 1. The smallest absolute Gasteiger partial charge is 0.124 e. The molecule has 0 aromatic heterocycles. The lowest BCUT2D eigenvalue weighted by Crippen LogP contribution is -2.12. The van der Waals surface area contributed by atoms with Crippen LogP contribution in [-0.4, -0.2) is 7.11 Å². The van der Waals surface area contributed by atoms with Gasteiger partial charge in [-0.05, 0) is 43.5 Å². The Bertz CT molecular complexity index is 577. The number of para-hydroxylation sites is 1. The van der Waals surface area contributed by atoms with Crippen molar-refractivity contribution < 1.29 is 4.74 Å².